The summed E-state index contributed by atoms with van der Waals surface area (Å²) in [5.41, 5.74) is 0.917. The molecule has 1 fully saturated rings. The Morgan fingerprint density at radius 1 is 1.07 bits per heavy atom. The fourth-order valence-corrected chi connectivity index (χ4v) is 3.22. The molecule has 6 nitrogen and oxygen atoms in total. The van der Waals surface area contributed by atoms with Gasteiger partial charge in [0.1, 0.15) is 11.9 Å². The molecule has 1 saturated heterocycles. The predicted octanol–water partition coefficient (Wildman–Crippen LogP) is 4.04. The van der Waals surface area contributed by atoms with E-state index in [0.29, 0.717) is 23.8 Å². The Balaban J connectivity index is 1.79. The van der Waals surface area contributed by atoms with Crippen molar-refractivity contribution >= 4 is 29.2 Å². The number of imide groups is 1. The normalized spacial score (nSPS) is 16.6. The van der Waals surface area contributed by atoms with Crippen LogP contribution < -0.4 is 10.2 Å². The van der Waals surface area contributed by atoms with Crippen LogP contribution in [0.3, 0.4) is 0 Å². The van der Waals surface area contributed by atoms with Crippen LogP contribution in [0.5, 0.6) is 0 Å². The van der Waals surface area contributed by atoms with E-state index >= 15 is 0 Å². The molecule has 0 unspecified atom stereocenters. The summed E-state index contributed by atoms with van der Waals surface area (Å²) in [7, 11) is 0. The number of halogens is 1. The Hall–Kier alpha value is -3.22. The molecular formula is C22H24FN3O3. The molecule has 0 spiro atoms. The van der Waals surface area contributed by atoms with Gasteiger partial charge in [-0.25, -0.2) is 14.1 Å². The highest BCUT2D eigenvalue weighted by atomic mass is 19.1. The molecule has 2 aromatic carbocycles. The largest absolute Gasteiger partial charge is 0.332 e. The van der Waals surface area contributed by atoms with Gasteiger partial charge in [0.05, 0.1) is 12.1 Å². The van der Waals surface area contributed by atoms with E-state index in [1.807, 2.05) is 13.8 Å². The zero-order valence-electron chi connectivity index (χ0n) is 16.5. The van der Waals surface area contributed by atoms with Crippen LogP contribution in [-0.4, -0.2) is 35.3 Å². The van der Waals surface area contributed by atoms with Crippen LogP contribution in [0.4, 0.5) is 20.6 Å². The zero-order chi connectivity index (χ0) is 21.0. The maximum absolute atomic E-state index is 13.0. The van der Waals surface area contributed by atoms with E-state index in [9.17, 15) is 18.8 Å². The lowest BCUT2D eigenvalue weighted by Gasteiger charge is -2.22. The van der Waals surface area contributed by atoms with E-state index < -0.39 is 29.7 Å². The number of benzene rings is 2. The van der Waals surface area contributed by atoms with Crippen LogP contribution in [0.1, 0.15) is 26.7 Å². The molecule has 1 aliphatic heterocycles. The van der Waals surface area contributed by atoms with E-state index in [2.05, 4.69) is 5.32 Å². The second-order valence-corrected chi connectivity index (χ2v) is 7.44. The van der Waals surface area contributed by atoms with Crippen LogP contribution in [0.15, 0.2) is 54.6 Å². The SMILES string of the molecule is CC(C)CCN1C(=O)N(c2ccccc2)C(=O)[C@@H]1CC(=O)Nc1ccc(F)cc1. The van der Waals surface area contributed by atoms with Crippen LogP contribution in [0.2, 0.25) is 0 Å². The topological polar surface area (TPSA) is 69.7 Å². The first-order chi connectivity index (χ1) is 13.9. The number of amides is 4. The first-order valence-corrected chi connectivity index (χ1v) is 9.62. The van der Waals surface area contributed by atoms with Gasteiger partial charge in [-0.15, -0.1) is 0 Å². The summed E-state index contributed by atoms with van der Waals surface area (Å²) in [5.74, 6) is -0.887. The van der Waals surface area contributed by atoms with Gasteiger partial charge in [-0.1, -0.05) is 32.0 Å². The van der Waals surface area contributed by atoms with Gasteiger partial charge in [-0.3, -0.25) is 9.59 Å². The second-order valence-electron chi connectivity index (χ2n) is 7.44. The first kappa shape index (κ1) is 20.5. The van der Waals surface area contributed by atoms with Crippen molar-refractivity contribution in [2.75, 3.05) is 16.8 Å². The summed E-state index contributed by atoms with van der Waals surface area (Å²) in [6.07, 6.45) is 0.557. The number of rotatable bonds is 7. The third kappa shape index (κ3) is 4.80. The number of para-hydroxylation sites is 1. The highest BCUT2D eigenvalue weighted by molar-refractivity contribution is 6.22. The fraction of sp³-hybridized carbons (Fsp3) is 0.318. The standard InChI is InChI=1S/C22H24FN3O3/c1-15(2)12-13-25-19(14-20(27)24-17-10-8-16(23)9-11-17)21(28)26(22(25)29)18-6-4-3-5-7-18/h3-11,15,19H,12-14H2,1-2H3,(H,24,27)/t19-/m0/s1. The fourth-order valence-electron chi connectivity index (χ4n) is 3.22. The summed E-state index contributed by atoms with van der Waals surface area (Å²) in [6, 6.07) is 12.8. The van der Waals surface area contributed by atoms with Crippen molar-refractivity contribution in [3.8, 4) is 0 Å². The number of carbonyl (C=O) groups is 3. The van der Waals surface area contributed by atoms with Crippen molar-refractivity contribution in [1.82, 2.24) is 4.90 Å². The molecule has 1 aliphatic rings. The number of urea groups is 1. The number of hydrogen-bond donors (Lipinski definition) is 1. The molecule has 0 bridgehead atoms. The molecule has 29 heavy (non-hydrogen) atoms. The van der Waals surface area contributed by atoms with Gasteiger partial charge < -0.3 is 10.2 Å². The Kier molecular flexibility index (Phi) is 6.26. The third-order valence-electron chi connectivity index (χ3n) is 4.79. The van der Waals surface area contributed by atoms with Crippen molar-refractivity contribution in [2.24, 2.45) is 5.92 Å². The van der Waals surface area contributed by atoms with Gasteiger partial charge >= 0.3 is 6.03 Å². The quantitative estimate of drug-likeness (QED) is 0.717. The lowest BCUT2D eigenvalue weighted by molar-refractivity contribution is -0.124. The minimum atomic E-state index is -0.873. The summed E-state index contributed by atoms with van der Waals surface area (Å²) in [4.78, 5) is 41.1. The summed E-state index contributed by atoms with van der Waals surface area (Å²) in [6.45, 7) is 4.46. The van der Waals surface area contributed by atoms with Crippen molar-refractivity contribution < 1.29 is 18.8 Å². The van der Waals surface area contributed by atoms with Crippen LogP contribution in [0, 0.1) is 11.7 Å². The molecule has 0 aliphatic carbocycles. The van der Waals surface area contributed by atoms with Crippen molar-refractivity contribution in [3.05, 3.63) is 60.4 Å². The predicted molar refractivity (Wildman–Crippen MR) is 109 cm³/mol. The van der Waals surface area contributed by atoms with Gasteiger partial charge in [0.15, 0.2) is 0 Å². The summed E-state index contributed by atoms with van der Waals surface area (Å²) in [5, 5.41) is 2.66. The van der Waals surface area contributed by atoms with E-state index in [4.69, 9.17) is 0 Å². The maximum atomic E-state index is 13.0. The molecule has 2 aromatic rings. The highest BCUT2D eigenvalue weighted by Gasteiger charge is 2.46. The van der Waals surface area contributed by atoms with Crippen LogP contribution in [-0.2, 0) is 9.59 Å². The number of hydrogen-bond acceptors (Lipinski definition) is 3. The van der Waals surface area contributed by atoms with Crippen molar-refractivity contribution in [3.63, 3.8) is 0 Å². The van der Waals surface area contributed by atoms with Gasteiger partial charge in [0, 0.05) is 12.2 Å². The Morgan fingerprint density at radius 3 is 2.34 bits per heavy atom. The smallest absolute Gasteiger partial charge is 0.326 e. The van der Waals surface area contributed by atoms with Crippen molar-refractivity contribution in [1.29, 1.82) is 0 Å². The molecule has 0 aromatic heterocycles. The summed E-state index contributed by atoms with van der Waals surface area (Å²) < 4.78 is 13.0. The Bertz CT molecular complexity index is 884. The molecule has 1 N–H and O–H groups in total. The molecule has 3 rings (SSSR count). The van der Waals surface area contributed by atoms with Crippen molar-refractivity contribution in [2.45, 2.75) is 32.7 Å². The highest BCUT2D eigenvalue weighted by Crippen LogP contribution is 2.27. The molecule has 1 atom stereocenters. The molecule has 4 amide bonds. The molecule has 0 radical (unpaired) electrons. The molecule has 0 saturated carbocycles. The number of nitrogens with one attached hydrogen (secondary N) is 1. The monoisotopic (exact) mass is 397 g/mol. The molecular weight excluding hydrogens is 373 g/mol. The van der Waals surface area contributed by atoms with E-state index in [0.717, 1.165) is 11.3 Å². The van der Waals surface area contributed by atoms with Crippen LogP contribution >= 0.6 is 0 Å². The maximum Gasteiger partial charge on any atom is 0.332 e. The lowest BCUT2D eigenvalue weighted by atomic mass is 10.1. The minimum absolute atomic E-state index is 0.163. The van der Waals surface area contributed by atoms with Gasteiger partial charge in [0.2, 0.25) is 5.91 Å². The second kappa shape index (κ2) is 8.86. The summed E-state index contributed by atoms with van der Waals surface area (Å²) >= 11 is 0. The number of carbonyl (C=O) groups excluding carboxylic acids is 3. The Labute approximate surface area is 169 Å². The minimum Gasteiger partial charge on any atom is -0.326 e. The van der Waals surface area contributed by atoms with E-state index in [-0.39, 0.29) is 6.42 Å². The first-order valence-electron chi connectivity index (χ1n) is 9.62. The number of anilines is 2. The molecule has 7 heteroatoms. The average Bonchev–Trinajstić information content (AvgIpc) is 2.92. The van der Waals surface area contributed by atoms with Gasteiger partial charge in [-0.05, 0) is 48.7 Å². The van der Waals surface area contributed by atoms with E-state index in [1.54, 1.807) is 30.3 Å². The number of nitrogens with zero attached hydrogens (tertiary/aromatic N) is 2. The van der Waals surface area contributed by atoms with E-state index in [1.165, 1.54) is 29.2 Å². The lowest BCUT2D eigenvalue weighted by Crippen LogP contribution is -2.39. The average molecular weight is 397 g/mol. The zero-order valence-corrected chi connectivity index (χ0v) is 16.5. The van der Waals surface area contributed by atoms with Crippen LogP contribution in [0.25, 0.3) is 0 Å². The third-order valence-corrected chi connectivity index (χ3v) is 4.79. The van der Waals surface area contributed by atoms with Gasteiger partial charge in [-0.2, -0.15) is 0 Å². The Morgan fingerprint density at radius 2 is 1.72 bits per heavy atom. The van der Waals surface area contributed by atoms with Gasteiger partial charge in [0.25, 0.3) is 5.91 Å². The molecule has 1 heterocycles. The molecule has 152 valence electrons.